The van der Waals surface area contributed by atoms with Gasteiger partial charge in [-0.3, -0.25) is 9.69 Å². The van der Waals surface area contributed by atoms with E-state index in [9.17, 15) is 4.79 Å². The minimum absolute atomic E-state index is 0.145. The summed E-state index contributed by atoms with van der Waals surface area (Å²) in [7, 11) is 3.11. The number of nitrogens with two attached hydrogens (primary N) is 1. The highest BCUT2D eigenvalue weighted by molar-refractivity contribution is 6.32. The number of carbonyl (C=O) groups excluding carboxylic acids is 1. The molecular weight excluding hydrogens is 358 g/mol. The number of nitrogens with zero attached hydrogens (tertiary/aromatic N) is 2. The van der Waals surface area contributed by atoms with Crippen LogP contribution in [0.2, 0.25) is 5.02 Å². The Hall–Kier alpha value is -2.77. The predicted molar refractivity (Wildman–Crippen MR) is 98.9 cm³/mol. The lowest BCUT2D eigenvalue weighted by Gasteiger charge is -2.13. The van der Waals surface area contributed by atoms with Gasteiger partial charge in [0.2, 0.25) is 5.96 Å². The topological polar surface area (TPSA) is 90.3 Å². The number of benzene rings is 1. The lowest BCUT2D eigenvalue weighted by molar-refractivity contribution is -0.123. The fraction of sp³-hybridized carbons (Fsp3) is 0.222. The molecule has 8 heteroatoms. The highest BCUT2D eigenvalue weighted by atomic mass is 35.5. The quantitative estimate of drug-likeness (QED) is 0.784. The van der Waals surface area contributed by atoms with Crippen LogP contribution in [0.3, 0.4) is 0 Å². The van der Waals surface area contributed by atoms with Crippen LogP contribution < -0.4 is 10.5 Å². The lowest BCUT2D eigenvalue weighted by Crippen LogP contribution is -2.39. The second kappa shape index (κ2) is 7.63. The molecule has 0 spiro atoms. The maximum Gasteiger partial charge on any atom is 0.279 e. The molecule has 1 aromatic carbocycles. The molecule has 1 amide bonds. The second-order valence-electron chi connectivity index (χ2n) is 5.50. The van der Waals surface area contributed by atoms with Crippen LogP contribution in [-0.4, -0.2) is 44.1 Å². The van der Waals surface area contributed by atoms with Gasteiger partial charge < -0.3 is 19.6 Å². The smallest absolute Gasteiger partial charge is 0.279 e. The van der Waals surface area contributed by atoms with Crippen LogP contribution in [0.1, 0.15) is 5.76 Å². The van der Waals surface area contributed by atoms with Gasteiger partial charge in [-0.05, 0) is 30.3 Å². The molecule has 2 heterocycles. The van der Waals surface area contributed by atoms with Crippen molar-refractivity contribution in [3.8, 4) is 17.1 Å². The van der Waals surface area contributed by atoms with Crippen molar-refractivity contribution in [3.63, 3.8) is 0 Å². The van der Waals surface area contributed by atoms with Gasteiger partial charge in [0.15, 0.2) is 0 Å². The molecule has 0 unspecified atom stereocenters. The molecule has 1 aromatic heterocycles. The van der Waals surface area contributed by atoms with E-state index in [1.54, 1.807) is 44.6 Å². The number of carbonyl (C=O) groups is 1. The summed E-state index contributed by atoms with van der Waals surface area (Å²) in [6, 6.07) is 8.89. The number of methoxy groups -OCH3 is 2. The number of hydrogen-bond acceptors (Lipinski definition) is 6. The van der Waals surface area contributed by atoms with Crippen LogP contribution in [0.15, 0.2) is 45.4 Å². The standard InChI is InChI=1S/C18H18ClN3O4/c1-24-8-7-22-17(23)14(21-18(22)20)10-12-4-6-15(26-12)11-3-5-16(25-2)13(19)9-11/h3-6,9-10H,7-8H2,1-2H3,(H2,20,21). The van der Waals surface area contributed by atoms with E-state index in [2.05, 4.69) is 4.99 Å². The molecule has 136 valence electrons. The fourth-order valence-corrected chi connectivity index (χ4v) is 2.76. The van der Waals surface area contributed by atoms with Gasteiger partial charge in [0, 0.05) is 18.7 Å². The molecule has 26 heavy (non-hydrogen) atoms. The van der Waals surface area contributed by atoms with E-state index in [4.69, 9.17) is 31.2 Å². The molecule has 1 aliphatic rings. The van der Waals surface area contributed by atoms with Gasteiger partial charge >= 0.3 is 0 Å². The summed E-state index contributed by atoms with van der Waals surface area (Å²) < 4.78 is 15.9. The van der Waals surface area contributed by atoms with Crippen LogP contribution in [0.25, 0.3) is 17.4 Å². The van der Waals surface area contributed by atoms with Crippen molar-refractivity contribution in [2.24, 2.45) is 10.7 Å². The number of furan rings is 1. The molecule has 0 radical (unpaired) electrons. The van der Waals surface area contributed by atoms with Gasteiger partial charge in [-0.1, -0.05) is 11.6 Å². The molecule has 7 nitrogen and oxygen atoms in total. The summed E-state index contributed by atoms with van der Waals surface area (Å²) in [5.41, 5.74) is 6.81. The van der Waals surface area contributed by atoms with E-state index in [-0.39, 0.29) is 17.6 Å². The molecule has 0 bridgehead atoms. The van der Waals surface area contributed by atoms with Crippen molar-refractivity contribution < 1.29 is 18.7 Å². The SMILES string of the molecule is COCCN1C(=O)C(=Cc2ccc(-c3ccc(OC)c(Cl)c3)o2)N=C1N. The Morgan fingerprint density at radius 1 is 1.31 bits per heavy atom. The third-order valence-corrected chi connectivity index (χ3v) is 4.13. The summed E-state index contributed by atoms with van der Waals surface area (Å²) >= 11 is 6.15. The van der Waals surface area contributed by atoms with Gasteiger partial charge in [0.05, 0.1) is 25.3 Å². The molecule has 0 fully saturated rings. The van der Waals surface area contributed by atoms with E-state index in [0.717, 1.165) is 5.56 Å². The zero-order valence-electron chi connectivity index (χ0n) is 14.4. The van der Waals surface area contributed by atoms with Crippen molar-refractivity contribution in [2.75, 3.05) is 27.4 Å². The van der Waals surface area contributed by atoms with E-state index in [1.807, 2.05) is 6.07 Å². The summed E-state index contributed by atoms with van der Waals surface area (Å²) in [5.74, 6) is 1.54. The first-order chi connectivity index (χ1) is 12.5. The van der Waals surface area contributed by atoms with Crippen molar-refractivity contribution in [1.82, 2.24) is 4.90 Å². The minimum Gasteiger partial charge on any atom is -0.495 e. The summed E-state index contributed by atoms with van der Waals surface area (Å²) in [6.07, 6.45) is 1.55. The first-order valence-corrected chi connectivity index (χ1v) is 8.21. The molecular formula is C18H18ClN3O4. The number of amides is 1. The summed E-state index contributed by atoms with van der Waals surface area (Å²) in [5, 5.41) is 0.485. The van der Waals surface area contributed by atoms with Gasteiger partial charge in [-0.2, -0.15) is 0 Å². The molecule has 3 rings (SSSR count). The maximum atomic E-state index is 12.4. The van der Waals surface area contributed by atoms with Gasteiger partial charge in [-0.15, -0.1) is 0 Å². The monoisotopic (exact) mass is 375 g/mol. The Bertz CT molecular complexity index is 888. The normalized spacial score (nSPS) is 15.7. The second-order valence-corrected chi connectivity index (χ2v) is 5.91. The Labute approximate surface area is 155 Å². The maximum absolute atomic E-state index is 12.4. The molecule has 2 aromatic rings. The summed E-state index contributed by atoms with van der Waals surface area (Å²) in [6.45, 7) is 0.716. The minimum atomic E-state index is -0.287. The molecule has 2 N–H and O–H groups in total. The molecule has 0 saturated heterocycles. The van der Waals surface area contributed by atoms with Gasteiger partial charge in [0.1, 0.15) is 23.0 Å². The van der Waals surface area contributed by atoms with Crippen molar-refractivity contribution in [3.05, 3.63) is 46.8 Å². The number of ether oxygens (including phenoxy) is 2. The highest BCUT2D eigenvalue weighted by Crippen LogP contribution is 2.31. The number of rotatable bonds is 6. The van der Waals surface area contributed by atoms with Crippen LogP contribution in [-0.2, 0) is 9.53 Å². The van der Waals surface area contributed by atoms with Crippen LogP contribution in [0.5, 0.6) is 5.75 Å². The van der Waals surface area contributed by atoms with Gasteiger partial charge in [0.25, 0.3) is 5.91 Å². The third-order valence-electron chi connectivity index (χ3n) is 3.84. The Morgan fingerprint density at radius 2 is 2.12 bits per heavy atom. The molecule has 0 atom stereocenters. The zero-order chi connectivity index (χ0) is 18.7. The van der Waals surface area contributed by atoms with Gasteiger partial charge in [-0.25, -0.2) is 4.99 Å². The van der Waals surface area contributed by atoms with E-state index >= 15 is 0 Å². The Balaban J connectivity index is 1.81. The van der Waals surface area contributed by atoms with Crippen molar-refractivity contribution in [1.29, 1.82) is 0 Å². The third kappa shape index (κ3) is 3.58. The van der Waals surface area contributed by atoms with Crippen LogP contribution in [0.4, 0.5) is 0 Å². The lowest BCUT2D eigenvalue weighted by atomic mass is 10.2. The summed E-state index contributed by atoms with van der Waals surface area (Å²) in [4.78, 5) is 17.8. The largest absolute Gasteiger partial charge is 0.495 e. The van der Waals surface area contributed by atoms with Crippen molar-refractivity contribution >= 4 is 29.5 Å². The Morgan fingerprint density at radius 3 is 2.81 bits per heavy atom. The van der Waals surface area contributed by atoms with E-state index in [0.29, 0.717) is 35.4 Å². The zero-order valence-corrected chi connectivity index (χ0v) is 15.1. The van der Waals surface area contributed by atoms with E-state index < -0.39 is 0 Å². The first kappa shape index (κ1) is 18.0. The van der Waals surface area contributed by atoms with Crippen LogP contribution in [0, 0.1) is 0 Å². The fourth-order valence-electron chi connectivity index (χ4n) is 2.51. The molecule has 0 aliphatic carbocycles. The average Bonchev–Trinajstić information content (AvgIpc) is 3.19. The number of aliphatic imine (C=N–C) groups is 1. The first-order valence-electron chi connectivity index (χ1n) is 7.84. The molecule has 0 saturated carbocycles. The molecule has 1 aliphatic heterocycles. The van der Waals surface area contributed by atoms with E-state index in [1.165, 1.54) is 4.90 Å². The highest BCUT2D eigenvalue weighted by Gasteiger charge is 2.28. The number of guanidine groups is 1. The number of hydrogen-bond donors (Lipinski definition) is 1. The predicted octanol–water partition coefficient (Wildman–Crippen LogP) is 2.75. The Kier molecular flexibility index (Phi) is 5.29. The van der Waals surface area contributed by atoms with Crippen molar-refractivity contribution in [2.45, 2.75) is 0 Å². The average molecular weight is 376 g/mol. The number of halogens is 1. The van der Waals surface area contributed by atoms with Crippen LogP contribution >= 0.6 is 11.6 Å².